The van der Waals surface area contributed by atoms with Gasteiger partial charge in [-0.3, -0.25) is 4.79 Å². The molecule has 1 atom stereocenters. The van der Waals surface area contributed by atoms with Gasteiger partial charge in [0.15, 0.2) is 0 Å². The van der Waals surface area contributed by atoms with Gasteiger partial charge in [-0.2, -0.15) is 0 Å². The molecule has 1 aromatic rings. The Morgan fingerprint density at radius 3 is 2.72 bits per heavy atom. The Morgan fingerprint density at radius 1 is 1.44 bits per heavy atom. The van der Waals surface area contributed by atoms with Gasteiger partial charge in [0.2, 0.25) is 0 Å². The summed E-state index contributed by atoms with van der Waals surface area (Å²) in [5.41, 5.74) is 0.156. The maximum atomic E-state index is 13.5. The molecule has 1 N–H and O–H groups in total. The monoisotopic (exact) mass is 317 g/mol. The average molecular weight is 318 g/mol. The van der Waals surface area contributed by atoms with Crippen LogP contribution < -0.4 is 5.32 Å². The number of nitrogens with one attached hydrogen (secondary N) is 1. The minimum atomic E-state index is -0.826. The molecule has 0 heterocycles. The first-order chi connectivity index (χ1) is 8.49. The van der Waals surface area contributed by atoms with Gasteiger partial charge in [-0.25, -0.2) is 8.78 Å². The van der Waals surface area contributed by atoms with Gasteiger partial charge in [-0.15, -0.1) is 0 Å². The summed E-state index contributed by atoms with van der Waals surface area (Å²) in [7, 11) is 0. The first-order valence-electron chi connectivity index (χ1n) is 5.87. The third-order valence-corrected chi connectivity index (χ3v) is 4.16. The van der Waals surface area contributed by atoms with Crippen LogP contribution >= 0.6 is 15.9 Å². The van der Waals surface area contributed by atoms with Crippen molar-refractivity contribution in [3.63, 3.8) is 0 Å². The van der Waals surface area contributed by atoms with Gasteiger partial charge < -0.3 is 5.32 Å². The van der Waals surface area contributed by atoms with E-state index in [4.69, 9.17) is 0 Å². The number of hydrogen-bond donors (Lipinski definition) is 1. The zero-order chi connectivity index (χ0) is 13.3. The van der Waals surface area contributed by atoms with E-state index in [1.807, 2.05) is 0 Å². The molecule has 2 nitrogen and oxygen atoms in total. The molecule has 0 aliphatic heterocycles. The lowest BCUT2D eigenvalue weighted by atomic mass is 10.1. The predicted octanol–water partition coefficient (Wildman–Crippen LogP) is 3.18. The van der Waals surface area contributed by atoms with Gasteiger partial charge in [0.25, 0.3) is 5.91 Å². The Morgan fingerprint density at radius 2 is 2.11 bits per heavy atom. The van der Waals surface area contributed by atoms with Crippen molar-refractivity contribution < 1.29 is 13.6 Å². The molecule has 0 saturated heterocycles. The lowest BCUT2D eigenvalue weighted by molar-refractivity contribution is 0.0949. The molecule has 1 aliphatic rings. The average Bonchev–Trinajstić information content (AvgIpc) is 3.14. The summed E-state index contributed by atoms with van der Waals surface area (Å²) in [4.78, 5) is 12.0. The molecule has 2 rings (SSSR count). The van der Waals surface area contributed by atoms with Crippen molar-refractivity contribution in [2.75, 3.05) is 6.54 Å². The molecule has 0 spiro atoms. The van der Waals surface area contributed by atoms with E-state index in [2.05, 4.69) is 21.2 Å². The Balaban J connectivity index is 2.01. The number of aryl methyl sites for hydroxylation is 1. The molecule has 1 unspecified atom stereocenters. The van der Waals surface area contributed by atoms with Gasteiger partial charge in [-0.05, 0) is 37.3 Å². The fourth-order valence-corrected chi connectivity index (χ4v) is 2.43. The van der Waals surface area contributed by atoms with E-state index in [1.54, 1.807) is 0 Å². The quantitative estimate of drug-likeness (QED) is 0.849. The third kappa shape index (κ3) is 3.07. The maximum Gasteiger partial charge on any atom is 0.254 e. The van der Waals surface area contributed by atoms with Crippen LogP contribution in [0.15, 0.2) is 12.1 Å². The highest BCUT2D eigenvalue weighted by molar-refractivity contribution is 9.09. The molecule has 1 amide bonds. The number of amides is 1. The second-order valence-electron chi connectivity index (χ2n) is 4.64. The zero-order valence-corrected chi connectivity index (χ0v) is 11.6. The van der Waals surface area contributed by atoms with Crippen LogP contribution in [0.5, 0.6) is 0 Å². The number of rotatable bonds is 4. The largest absolute Gasteiger partial charge is 0.351 e. The van der Waals surface area contributed by atoms with Crippen LogP contribution in [-0.2, 0) is 0 Å². The number of carbonyl (C=O) groups excluding carboxylic acids is 1. The molecule has 1 aromatic carbocycles. The smallest absolute Gasteiger partial charge is 0.254 e. The van der Waals surface area contributed by atoms with Crippen LogP contribution in [0.2, 0.25) is 0 Å². The van der Waals surface area contributed by atoms with E-state index in [0.717, 1.165) is 18.9 Å². The third-order valence-electron chi connectivity index (χ3n) is 3.08. The summed E-state index contributed by atoms with van der Waals surface area (Å²) in [6.07, 6.45) is 2.33. The highest BCUT2D eigenvalue weighted by Crippen LogP contribution is 2.36. The van der Waals surface area contributed by atoms with Gasteiger partial charge >= 0.3 is 0 Å². The number of alkyl halides is 1. The summed E-state index contributed by atoms with van der Waals surface area (Å²) < 4.78 is 26.5. The molecule has 1 saturated carbocycles. The maximum absolute atomic E-state index is 13.5. The lowest BCUT2D eigenvalue weighted by Crippen LogP contribution is -2.31. The molecular weight excluding hydrogens is 304 g/mol. The molecule has 1 aliphatic carbocycles. The van der Waals surface area contributed by atoms with E-state index >= 15 is 0 Å². The van der Waals surface area contributed by atoms with E-state index in [0.29, 0.717) is 12.5 Å². The Bertz CT molecular complexity index is 474. The second kappa shape index (κ2) is 5.34. The number of hydrogen-bond acceptors (Lipinski definition) is 1. The van der Waals surface area contributed by atoms with Crippen molar-refractivity contribution in [2.24, 2.45) is 5.92 Å². The first-order valence-corrected chi connectivity index (χ1v) is 6.78. The highest BCUT2D eigenvalue weighted by atomic mass is 79.9. The topological polar surface area (TPSA) is 29.1 Å². The van der Waals surface area contributed by atoms with E-state index in [-0.39, 0.29) is 16.0 Å². The molecule has 18 heavy (non-hydrogen) atoms. The van der Waals surface area contributed by atoms with Crippen LogP contribution in [0.3, 0.4) is 0 Å². The van der Waals surface area contributed by atoms with Crippen molar-refractivity contribution in [1.82, 2.24) is 5.32 Å². The first kappa shape index (κ1) is 13.5. The fourth-order valence-electron chi connectivity index (χ4n) is 1.74. The number of benzene rings is 1. The van der Waals surface area contributed by atoms with Gasteiger partial charge in [0.05, 0.1) is 5.56 Å². The lowest BCUT2D eigenvalue weighted by Gasteiger charge is -2.11. The van der Waals surface area contributed by atoms with E-state index in [9.17, 15) is 13.6 Å². The summed E-state index contributed by atoms with van der Waals surface area (Å²) in [5.74, 6) is -1.36. The molecule has 0 radical (unpaired) electrons. The minimum Gasteiger partial charge on any atom is -0.351 e. The van der Waals surface area contributed by atoms with Gasteiger partial charge in [0, 0.05) is 17.4 Å². The van der Waals surface area contributed by atoms with Crippen molar-refractivity contribution in [1.29, 1.82) is 0 Å². The van der Waals surface area contributed by atoms with Crippen LogP contribution in [0.25, 0.3) is 0 Å². The summed E-state index contributed by atoms with van der Waals surface area (Å²) in [5, 5.41) is 2.66. The Kier molecular flexibility index (Phi) is 4.00. The number of carbonyl (C=O) groups is 1. The molecular formula is C13H14BrF2NO. The second-order valence-corrected chi connectivity index (χ2v) is 5.82. The van der Waals surface area contributed by atoms with Crippen molar-refractivity contribution >= 4 is 21.8 Å². The fraction of sp³-hybridized carbons (Fsp3) is 0.462. The van der Waals surface area contributed by atoms with Gasteiger partial charge in [0.1, 0.15) is 11.6 Å². The summed E-state index contributed by atoms with van der Waals surface area (Å²) >= 11 is 3.48. The van der Waals surface area contributed by atoms with Crippen molar-refractivity contribution in [3.8, 4) is 0 Å². The molecule has 0 bridgehead atoms. The standard InChI is InChI=1S/C13H14BrF2NO/c1-7-4-9(12(16)5-11(7)15)13(18)17-6-10(14)8-2-3-8/h4-5,8,10H,2-3,6H2,1H3,(H,17,18). The summed E-state index contributed by atoms with van der Waals surface area (Å²) in [6, 6.07) is 1.98. The molecule has 0 aromatic heterocycles. The van der Waals surface area contributed by atoms with Crippen LogP contribution in [0, 0.1) is 24.5 Å². The van der Waals surface area contributed by atoms with Crippen LogP contribution in [0.1, 0.15) is 28.8 Å². The van der Waals surface area contributed by atoms with Crippen molar-refractivity contribution in [2.45, 2.75) is 24.6 Å². The van der Waals surface area contributed by atoms with Crippen LogP contribution in [0.4, 0.5) is 8.78 Å². The molecule has 1 fully saturated rings. The van der Waals surface area contributed by atoms with Gasteiger partial charge in [-0.1, -0.05) is 15.9 Å². The van der Waals surface area contributed by atoms with E-state index in [1.165, 1.54) is 13.0 Å². The van der Waals surface area contributed by atoms with Crippen molar-refractivity contribution in [3.05, 3.63) is 34.9 Å². The van der Waals surface area contributed by atoms with E-state index < -0.39 is 17.5 Å². The molecule has 5 heteroatoms. The normalized spacial score (nSPS) is 16.4. The number of halogens is 3. The Labute approximate surface area is 113 Å². The van der Waals surface area contributed by atoms with Crippen LogP contribution in [-0.4, -0.2) is 17.3 Å². The molecule has 98 valence electrons. The minimum absolute atomic E-state index is 0.107. The highest BCUT2D eigenvalue weighted by Gasteiger charge is 2.29. The zero-order valence-electron chi connectivity index (χ0n) is 9.97. The summed E-state index contributed by atoms with van der Waals surface area (Å²) in [6.45, 7) is 1.96. The predicted molar refractivity (Wildman–Crippen MR) is 68.9 cm³/mol. The Hall–Kier alpha value is -0.970. The SMILES string of the molecule is Cc1cc(C(=O)NCC(Br)C2CC2)c(F)cc1F.